The summed E-state index contributed by atoms with van der Waals surface area (Å²) in [5.41, 5.74) is 1.68. The van der Waals surface area contributed by atoms with Crippen molar-refractivity contribution in [2.45, 2.75) is 48.5 Å². The summed E-state index contributed by atoms with van der Waals surface area (Å²) in [5, 5.41) is 0. The molecule has 6 atom stereocenters. The molecule has 0 bridgehead atoms. The van der Waals surface area contributed by atoms with Gasteiger partial charge in [-0.15, -0.1) is 0 Å². The smallest absolute Gasteiger partial charge is 0.272 e. The second-order valence-electron chi connectivity index (χ2n) is 9.45. The van der Waals surface area contributed by atoms with Gasteiger partial charge in [-0.05, 0) is 11.1 Å². The highest BCUT2D eigenvalue weighted by Crippen LogP contribution is 2.38. The quantitative estimate of drug-likeness (QED) is 0.325. The van der Waals surface area contributed by atoms with Crippen LogP contribution in [-0.4, -0.2) is 61.3 Å². The maximum atomic E-state index is 13.3. The van der Waals surface area contributed by atoms with Crippen molar-refractivity contribution in [1.82, 2.24) is 0 Å². The highest BCUT2D eigenvalue weighted by molar-refractivity contribution is 7.86. The van der Waals surface area contributed by atoms with Crippen molar-refractivity contribution in [3.05, 3.63) is 108 Å². The minimum atomic E-state index is -4.25. The Balaban J connectivity index is 1.46. The van der Waals surface area contributed by atoms with Crippen LogP contribution in [0.5, 0.6) is 0 Å². The summed E-state index contributed by atoms with van der Waals surface area (Å²) in [7, 11) is -7.20. The lowest BCUT2D eigenvalue weighted by Crippen LogP contribution is -2.64. The van der Waals surface area contributed by atoms with Crippen molar-refractivity contribution < 1.29 is 44.1 Å². The number of hydrogen-bond acceptors (Lipinski definition) is 10. The van der Waals surface area contributed by atoms with E-state index in [1.165, 1.54) is 7.11 Å². The number of fused-ring (bicyclic) bond motifs is 1. The third-order valence-corrected chi connectivity index (χ3v) is 8.88. The first-order chi connectivity index (χ1) is 19.2. The van der Waals surface area contributed by atoms with Crippen LogP contribution in [0, 0.1) is 0 Å². The van der Waals surface area contributed by atoms with Crippen molar-refractivity contribution in [3.8, 4) is 0 Å². The molecule has 0 aliphatic carbocycles. The molecule has 0 amide bonds. The molecule has 0 radical (unpaired) electrons. The lowest BCUT2D eigenvalue weighted by molar-refractivity contribution is -0.351. The predicted octanol–water partition coefficient (Wildman–Crippen LogP) is 3.30. The second-order valence-corrected chi connectivity index (χ2v) is 12.6. The minimum absolute atomic E-state index is 0.0200. The first-order valence-electron chi connectivity index (χ1n) is 12.6. The Kier molecular flexibility index (Phi) is 8.98. The SMILES string of the molecule is COC1OC2COC(c3ccccc3)OC2C(OS(=O)(=O)Cc2ccccc2)C1OS(=O)(=O)Cc1ccccc1. The number of methoxy groups -OCH3 is 1. The van der Waals surface area contributed by atoms with Gasteiger partial charge < -0.3 is 18.9 Å². The van der Waals surface area contributed by atoms with Crippen LogP contribution in [0.25, 0.3) is 0 Å². The summed E-state index contributed by atoms with van der Waals surface area (Å²) in [4.78, 5) is 0. The summed E-state index contributed by atoms with van der Waals surface area (Å²) < 4.78 is 87.7. The average Bonchev–Trinajstić information content (AvgIpc) is 2.94. The molecular formula is C28H30O10S2. The number of rotatable bonds is 10. The van der Waals surface area contributed by atoms with E-state index in [9.17, 15) is 16.8 Å². The molecule has 5 rings (SSSR count). The number of ether oxygens (including phenoxy) is 4. The fourth-order valence-corrected chi connectivity index (χ4v) is 7.13. The minimum Gasteiger partial charge on any atom is -0.353 e. The van der Waals surface area contributed by atoms with E-state index in [2.05, 4.69) is 0 Å². The highest BCUT2D eigenvalue weighted by atomic mass is 32.2. The van der Waals surface area contributed by atoms with Crippen LogP contribution >= 0.6 is 0 Å². The lowest BCUT2D eigenvalue weighted by atomic mass is 9.98. The van der Waals surface area contributed by atoms with Crippen LogP contribution in [0.1, 0.15) is 23.0 Å². The van der Waals surface area contributed by atoms with Crippen LogP contribution in [-0.2, 0) is 59.1 Å². The topological polar surface area (TPSA) is 124 Å². The molecule has 10 nitrogen and oxygen atoms in total. The van der Waals surface area contributed by atoms with E-state index in [-0.39, 0.29) is 6.61 Å². The molecule has 2 saturated heterocycles. The van der Waals surface area contributed by atoms with E-state index in [1.54, 1.807) is 72.8 Å². The molecule has 3 aromatic rings. The third-order valence-electron chi connectivity index (χ3n) is 6.48. The zero-order chi connectivity index (χ0) is 28.2. The van der Waals surface area contributed by atoms with Crippen LogP contribution < -0.4 is 0 Å². The Morgan fingerprint density at radius 1 is 0.700 bits per heavy atom. The van der Waals surface area contributed by atoms with Gasteiger partial charge in [0.05, 0.1) is 6.61 Å². The molecule has 3 aromatic carbocycles. The van der Waals surface area contributed by atoms with E-state index in [0.717, 1.165) is 0 Å². The normalized spacial score (nSPS) is 27.1. The molecule has 0 spiro atoms. The molecule has 0 aromatic heterocycles. The Hall–Kier alpha value is -2.68. The molecule has 0 saturated carbocycles. The van der Waals surface area contributed by atoms with Gasteiger partial charge >= 0.3 is 0 Å². The molecule has 2 aliphatic heterocycles. The summed E-state index contributed by atoms with van der Waals surface area (Å²) >= 11 is 0. The van der Waals surface area contributed by atoms with Crippen LogP contribution in [0.15, 0.2) is 91.0 Å². The second kappa shape index (κ2) is 12.5. The fraction of sp³-hybridized carbons (Fsp3) is 0.357. The van der Waals surface area contributed by atoms with Crippen molar-refractivity contribution in [1.29, 1.82) is 0 Å². The van der Waals surface area contributed by atoms with Gasteiger partial charge in [0.25, 0.3) is 20.2 Å². The van der Waals surface area contributed by atoms with E-state index in [0.29, 0.717) is 16.7 Å². The molecule has 2 heterocycles. The summed E-state index contributed by atoms with van der Waals surface area (Å²) in [6, 6.07) is 26.0. The summed E-state index contributed by atoms with van der Waals surface area (Å²) in [5.74, 6) is -0.892. The van der Waals surface area contributed by atoms with E-state index in [1.807, 2.05) is 18.2 Å². The van der Waals surface area contributed by atoms with Gasteiger partial charge in [-0.25, -0.2) is 0 Å². The van der Waals surface area contributed by atoms with Gasteiger partial charge in [0, 0.05) is 12.7 Å². The Bertz CT molecular complexity index is 1450. The number of benzene rings is 3. The Morgan fingerprint density at radius 3 is 1.73 bits per heavy atom. The van der Waals surface area contributed by atoms with Gasteiger partial charge in [-0.3, -0.25) is 8.37 Å². The zero-order valence-corrected chi connectivity index (χ0v) is 23.3. The van der Waals surface area contributed by atoms with Crippen LogP contribution in [0.3, 0.4) is 0 Å². The third kappa shape index (κ3) is 7.14. The Labute approximate surface area is 234 Å². The van der Waals surface area contributed by atoms with E-state index >= 15 is 0 Å². The van der Waals surface area contributed by atoms with Gasteiger partial charge in [0.2, 0.25) is 0 Å². The predicted molar refractivity (Wildman–Crippen MR) is 144 cm³/mol. The standard InChI is InChI=1S/C28H30O10S2/c1-33-28-26(38-40(31,32)19-21-13-7-3-8-14-21)25(37-39(29,30)18-20-11-5-2-6-12-20)24-23(35-28)17-34-27(36-24)22-15-9-4-10-16-22/h2-16,23-28H,17-19H2,1H3. The molecule has 214 valence electrons. The summed E-state index contributed by atoms with van der Waals surface area (Å²) in [6.45, 7) is 0.0200. The zero-order valence-electron chi connectivity index (χ0n) is 21.6. The molecule has 0 N–H and O–H groups in total. The van der Waals surface area contributed by atoms with Crippen molar-refractivity contribution >= 4 is 20.2 Å². The molecule has 6 unspecified atom stereocenters. The largest absolute Gasteiger partial charge is 0.353 e. The van der Waals surface area contributed by atoms with Gasteiger partial charge in [-0.1, -0.05) is 91.0 Å². The first kappa shape index (κ1) is 28.8. The highest BCUT2D eigenvalue weighted by Gasteiger charge is 2.54. The fourth-order valence-electron chi connectivity index (χ4n) is 4.69. The van der Waals surface area contributed by atoms with Crippen molar-refractivity contribution in [3.63, 3.8) is 0 Å². The first-order valence-corrected chi connectivity index (χ1v) is 15.8. The van der Waals surface area contributed by atoms with Gasteiger partial charge in [0.15, 0.2) is 18.7 Å². The molecule has 2 aliphatic rings. The van der Waals surface area contributed by atoms with E-state index in [4.69, 9.17) is 27.3 Å². The monoisotopic (exact) mass is 590 g/mol. The lowest BCUT2D eigenvalue weighted by Gasteiger charge is -2.47. The van der Waals surface area contributed by atoms with Crippen molar-refractivity contribution in [2.24, 2.45) is 0 Å². The number of hydrogen-bond donors (Lipinski definition) is 0. The molecule has 12 heteroatoms. The molecule has 2 fully saturated rings. The van der Waals surface area contributed by atoms with Gasteiger partial charge in [0.1, 0.15) is 29.8 Å². The van der Waals surface area contributed by atoms with Crippen molar-refractivity contribution in [2.75, 3.05) is 13.7 Å². The van der Waals surface area contributed by atoms with Crippen LogP contribution in [0.4, 0.5) is 0 Å². The van der Waals surface area contributed by atoms with E-state index < -0.39 is 68.7 Å². The average molecular weight is 591 g/mol. The van der Waals surface area contributed by atoms with Crippen LogP contribution in [0.2, 0.25) is 0 Å². The Morgan fingerprint density at radius 2 is 1.20 bits per heavy atom. The molecule has 40 heavy (non-hydrogen) atoms. The maximum Gasteiger partial charge on any atom is 0.272 e. The van der Waals surface area contributed by atoms with Gasteiger partial charge in [-0.2, -0.15) is 16.8 Å². The maximum absolute atomic E-state index is 13.3. The summed E-state index contributed by atoms with van der Waals surface area (Å²) in [6.07, 6.45) is -6.97. The molecular weight excluding hydrogens is 560 g/mol.